The molecule has 4 heteroatoms. The molecule has 0 amide bonds. The third kappa shape index (κ3) is 3.77. The van der Waals surface area contributed by atoms with E-state index in [1.54, 1.807) is 23.9 Å². The Hall–Kier alpha value is -1.42. The van der Waals surface area contributed by atoms with E-state index in [2.05, 4.69) is 35.9 Å². The molecule has 1 heterocycles. The second kappa shape index (κ2) is 6.66. The van der Waals surface area contributed by atoms with Crippen LogP contribution in [0.3, 0.4) is 0 Å². The molecule has 3 nitrogen and oxygen atoms in total. The van der Waals surface area contributed by atoms with Gasteiger partial charge in [-0.3, -0.25) is 4.68 Å². The summed E-state index contributed by atoms with van der Waals surface area (Å²) in [5, 5.41) is 13.9. The van der Waals surface area contributed by atoms with Gasteiger partial charge in [0, 0.05) is 16.8 Å². The number of benzene rings is 1. The van der Waals surface area contributed by atoms with Crippen LogP contribution < -0.4 is 0 Å². The van der Waals surface area contributed by atoms with Gasteiger partial charge in [-0.25, -0.2) is 0 Å². The minimum atomic E-state index is 0.308. The SMILES string of the molecule is CCC(CC)n1ccc(CSc2ccc(O)cc2)n1. The van der Waals surface area contributed by atoms with E-state index in [1.165, 1.54) is 0 Å². The molecule has 2 aromatic rings. The van der Waals surface area contributed by atoms with E-state index in [4.69, 9.17) is 0 Å². The van der Waals surface area contributed by atoms with Gasteiger partial charge in [0.15, 0.2) is 0 Å². The first kappa shape index (κ1) is 14.0. The average molecular weight is 276 g/mol. The summed E-state index contributed by atoms with van der Waals surface area (Å²) in [4.78, 5) is 1.15. The van der Waals surface area contributed by atoms with Crippen molar-refractivity contribution < 1.29 is 5.11 Å². The second-order valence-electron chi connectivity index (χ2n) is 4.54. The van der Waals surface area contributed by atoms with E-state index >= 15 is 0 Å². The van der Waals surface area contributed by atoms with Crippen LogP contribution in [0.4, 0.5) is 0 Å². The predicted octanol–water partition coefficient (Wildman–Crippen LogP) is 4.24. The first-order valence-electron chi connectivity index (χ1n) is 6.68. The lowest BCUT2D eigenvalue weighted by Gasteiger charge is -2.12. The number of hydrogen-bond donors (Lipinski definition) is 1. The van der Waals surface area contributed by atoms with Crippen LogP contribution in [0.25, 0.3) is 0 Å². The van der Waals surface area contributed by atoms with E-state index in [-0.39, 0.29) is 0 Å². The number of phenols is 1. The van der Waals surface area contributed by atoms with Crippen molar-refractivity contribution in [2.24, 2.45) is 0 Å². The quantitative estimate of drug-likeness (QED) is 0.802. The lowest BCUT2D eigenvalue weighted by atomic mass is 10.2. The number of hydrogen-bond acceptors (Lipinski definition) is 3. The Kier molecular flexibility index (Phi) is 4.91. The number of thioether (sulfide) groups is 1. The molecule has 0 fully saturated rings. The molecular weight excluding hydrogens is 256 g/mol. The topological polar surface area (TPSA) is 38.0 Å². The Morgan fingerprint density at radius 3 is 2.47 bits per heavy atom. The maximum absolute atomic E-state index is 9.24. The summed E-state index contributed by atoms with van der Waals surface area (Å²) in [5.74, 6) is 1.17. The van der Waals surface area contributed by atoms with Gasteiger partial charge in [0.2, 0.25) is 0 Å². The van der Waals surface area contributed by atoms with Crippen LogP contribution in [-0.2, 0) is 5.75 Å². The molecule has 19 heavy (non-hydrogen) atoms. The lowest BCUT2D eigenvalue weighted by molar-refractivity contribution is 0.426. The van der Waals surface area contributed by atoms with E-state index in [0.29, 0.717) is 11.8 Å². The molecule has 0 bridgehead atoms. The van der Waals surface area contributed by atoms with Crippen LogP contribution in [0.15, 0.2) is 41.4 Å². The Balaban J connectivity index is 1.95. The van der Waals surface area contributed by atoms with Gasteiger partial charge in [0.05, 0.1) is 11.7 Å². The van der Waals surface area contributed by atoms with Gasteiger partial charge in [-0.2, -0.15) is 5.10 Å². The van der Waals surface area contributed by atoms with Crippen LogP contribution in [0.2, 0.25) is 0 Å². The minimum Gasteiger partial charge on any atom is -0.508 e. The van der Waals surface area contributed by atoms with Crippen molar-refractivity contribution in [3.05, 3.63) is 42.2 Å². The predicted molar refractivity (Wildman–Crippen MR) is 79.5 cm³/mol. The highest BCUT2D eigenvalue weighted by molar-refractivity contribution is 7.98. The summed E-state index contributed by atoms with van der Waals surface area (Å²) in [6.45, 7) is 4.39. The van der Waals surface area contributed by atoms with Gasteiger partial charge in [0.1, 0.15) is 5.75 Å². The molecule has 0 saturated heterocycles. The van der Waals surface area contributed by atoms with Gasteiger partial charge < -0.3 is 5.11 Å². The molecule has 0 unspecified atom stereocenters. The van der Waals surface area contributed by atoms with Crippen molar-refractivity contribution in [2.45, 2.75) is 43.4 Å². The zero-order chi connectivity index (χ0) is 13.7. The summed E-state index contributed by atoms with van der Waals surface area (Å²) in [5.41, 5.74) is 1.10. The average Bonchev–Trinajstić information content (AvgIpc) is 2.88. The van der Waals surface area contributed by atoms with Crippen molar-refractivity contribution in [3.63, 3.8) is 0 Å². The number of aromatic nitrogens is 2. The zero-order valence-electron chi connectivity index (χ0n) is 11.4. The first-order chi connectivity index (χ1) is 9.22. The fourth-order valence-corrected chi connectivity index (χ4v) is 2.82. The second-order valence-corrected chi connectivity index (χ2v) is 5.59. The lowest BCUT2D eigenvalue weighted by Crippen LogP contribution is -2.07. The van der Waals surface area contributed by atoms with E-state index < -0.39 is 0 Å². The van der Waals surface area contributed by atoms with Crippen LogP contribution >= 0.6 is 11.8 Å². The number of nitrogens with zero attached hydrogens (tertiary/aromatic N) is 2. The molecule has 1 N–H and O–H groups in total. The number of aromatic hydroxyl groups is 1. The van der Waals surface area contributed by atoms with Crippen molar-refractivity contribution in [2.75, 3.05) is 0 Å². The van der Waals surface area contributed by atoms with Crippen LogP contribution in [0.5, 0.6) is 5.75 Å². The first-order valence-corrected chi connectivity index (χ1v) is 7.67. The highest BCUT2D eigenvalue weighted by atomic mass is 32.2. The highest BCUT2D eigenvalue weighted by Crippen LogP contribution is 2.24. The van der Waals surface area contributed by atoms with Crippen molar-refractivity contribution in [3.8, 4) is 5.75 Å². The largest absolute Gasteiger partial charge is 0.508 e. The van der Waals surface area contributed by atoms with Gasteiger partial charge in [-0.15, -0.1) is 11.8 Å². The van der Waals surface area contributed by atoms with E-state index in [9.17, 15) is 5.11 Å². The summed E-state index contributed by atoms with van der Waals surface area (Å²) in [6, 6.07) is 9.88. The van der Waals surface area contributed by atoms with Gasteiger partial charge >= 0.3 is 0 Å². The Morgan fingerprint density at radius 1 is 1.16 bits per heavy atom. The van der Waals surface area contributed by atoms with Gasteiger partial charge in [-0.05, 0) is 43.2 Å². The third-order valence-corrected chi connectivity index (χ3v) is 4.25. The maximum atomic E-state index is 9.24. The van der Waals surface area contributed by atoms with Crippen LogP contribution in [0, 0.1) is 0 Å². The Bertz CT molecular complexity index is 503. The van der Waals surface area contributed by atoms with Gasteiger partial charge in [-0.1, -0.05) is 13.8 Å². The van der Waals surface area contributed by atoms with Crippen molar-refractivity contribution in [1.29, 1.82) is 0 Å². The van der Waals surface area contributed by atoms with E-state index in [1.807, 2.05) is 12.1 Å². The van der Waals surface area contributed by atoms with Crippen LogP contribution in [0.1, 0.15) is 38.4 Å². The third-order valence-electron chi connectivity index (χ3n) is 3.20. The zero-order valence-corrected chi connectivity index (χ0v) is 12.2. The minimum absolute atomic E-state index is 0.308. The molecular formula is C15H20N2OS. The highest BCUT2D eigenvalue weighted by Gasteiger charge is 2.08. The summed E-state index contributed by atoms with van der Waals surface area (Å²) in [7, 11) is 0. The normalized spacial score (nSPS) is 11.1. The molecule has 1 aromatic carbocycles. The maximum Gasteiger partial charge on any atom is 0.115 e. The molecule has 0 aliphatic heterocycles. The smallest absolute Gasteiger partial charge is 0.115 e. The molecule has 0 aliphatic rings. The Labute approximate surface area is 118 Å². The van der Waals surface area contributed by atoms with Gasteiger partial charge in [0.25, 0.3) is 0 Å². The number of rotatable bonds is 6. The van der Waals surface area contributed by atoms with Crippen molar-refractivity contribution >= 4 is 11.8 Å². The molecule has 1 aromatic heterocycles. The molecule has 0 radical (unpaired) electrons. The summed E-state index contributed by atoms with van der Waals surface area (Å²) in [6.07, 6.45) is 4.30. The standard InChI is InChI=1S/C15H20N2OS/c1-3-13(4-2)17-10-9-12(16-17)11-19-15-7-5-14(18)6-8-15/h5-10,13,18H,3-4,11H2,1-2H3. The monoisotopic (exact) mass is 276 g/mol. The molecule has 0 atom stereocenters. The Morgan fingerprint density at radius 2 is 1.84 bits per heavy atom. The molecule has 102 valence electrons. The fraction of sp³-hybridized carbons (Fsp3) is 0.400. The molecule has 0 saturated carbocycles. The summed E-state index contributed by atoms with van der Waals surface area (Å²) >= 11 is 1.74. The molecule has 2 rings (SSSR count). The van der Waals surface area contributed by atoms with Crippen LogP contribution in [-0.4, -0.2) is 14.9 Å². The molecule has 0 spiro atoms. The molecule has 0 aliphatic carbocycles. The number of phenolic OH excluding ortho intramolecular Hbond substituents is 1. The summed E-state index contributed by atoms with van der Waals surface area (Å²) < 4.78 is 2.08. The van der Waals surface area contributed by atoms with E-state index in [0.717, 1.165) is 29.2 Å². The van der Waals surface area contributed by atoms with Crippen molar-refractivity contribution in [1.82, 2.24) is 9.78 Å². The fourth-order valence-electron chi connectivity index (χ4n) is 2.02.